The Morgan fingerprint density at radius 2 is 2.08 bits per heavy atom. The highest BCUT2D eigenvalue weighted by molar-refractivity contribution is 5.85. The van der Waals surface area contributed by atoms with Crippen molar-refractivity contribution in [3.05, 3.63) is 64.4 Å². The van der Waals surface area contributed by atoms with Gasteiger partial charge in [0.2, 0.25) is 5.88 Å². The van der Waals surface area contributed by atoms with Gasteiger partial charge in [0, 0.05) is 24.7 Å². The second-order valence-corrected chi connectivity index (χ2v) is 4.84. The van der Waals surface area contributed by atoms with Crippen molar-refractivity contribution < 1.29 is 18.9 Å². The van der Waals surface area contributed by atoms with Crippen molar-refractivity contribution in [2.45, 2.75) is 13.3 Å². The van der Waals surface area contributed by atoms with E-state index in [-0.39, 0.29) is 12.3 Å². The summed E-state index contributed by atoms with van der Waals surface area (Å²) in [6, 6.07) is 9.64. The monoisotopic (exact) mass is 330 g/mol. The zero-order valence-electron chi connectivity index (χ0n) is 13.3. The number of carbonyl (C=O) groups is 1. The first-order valence-electron chi connectivity index (χ1n) is 7.50. The predicted octanol–water partition coefficient (Wildman–Crippen LogP) is 4.25. The third-order valence-electron chi connectivity index (χ3n) is 3.19. The van der Waals surface area contributed by atoms with E-state index in [1.54, 1.807) is 31.2 Å². The van der Waals surface area contributed by atoms with E-state index in [0.717, 1.165) is 5.56 Å². The summed E-state index contributed by atoms with van der Waals surface area (Å²) in [5.74, 6) is 0.428. The molecule has 7 heteroatoms. The number of benzene rings is 1. The van der Waals surface area contributed by atoms with E-state index in [1.807, 2.05) is 12.2 Å². The van der Waals surface area contributed by atoms with Gasteiger partial charge in [0.25, 0.3) is 5.69 Å². The summed E-state index contributed by atoms with van der Waals surface area (Å²) in [4.78, 5) is 23.6. The van der Waals surface area contributed by atoms with Crippen LogP contribution in [0.25, 0.3) is 6.08 Å². The van der Waals surface area contributed by atoms with Crippen LogP contribution in [0.4, 0.5) is 16.4 Å². The Hall–Kier alpha value is -3.09. The number of non-ortho nitro benzene ring substituents is 1. The summed E-state index contributed by atoms with van der Waals surface area (Å²) in [6.45, 7) is 2.43. The molecule has 1 heterocycles. The van der Waals surface area contributed by atoms with E-state index in [9.17, 15) is 14.9 Å². The minimum Gasteiger partial charge on any atom is -0.449 e. The van der Waals surface area contributed by atoms with E-state index in [4.69, 9.17) is 9.15 Å². The summed E-state index contributed by atoms with van der Waals surface area (Å²) < 4.78 is 10.3. The number of ether oxygens (including phenoxy) is 1. The number of hydrogen-bond acceptors (Lipinski definition) is 5. The molecule has 0 saturated carbocycles. The van der Waals surface area contributed by atoms with Gasteiger partial charge in [0.05, 0.1) is 17.8 Å². The molecule has 0 saturated heterocycles. The Bertz CT molecular complexity index is 692. The average Bonchev–Trinajstić information content (AvgIpc) is 3.09. The first kappa shape index (κ1) is 17.3. The molecule has 7 nitrogen and oxygen atoms in total. The molecule has 126 valence electrons. The number of rotatable bonds is 7. The van der Waals surface area contributed by atoms with Gasteiger partial charge in [-0.05, 0) is 37.1 Å². The van der Waals surface area contributed by atoms with Crippen LogP contribution in [0.1, 0.15) is 18.9 Å². The van der Waals surface area contributed by atoms with Crippen LogP contribution < -0.4 is 4.90 Å². The van der Waals surface area contributed by atoms with Gasteiger partial charge in [0.1, 0.15) is 0 Å². The molecular formula is C17H18N2O5. The number of anilines is 1. The number of nitrogens with zero attached hydrogens (tertiary/aromatic N) is 2. The van der Waals surface area contributed by atoms with Crippen molar-refractivity contribution in [1.29, 1.82) is 0 Å². The van der Waals surface area contributed by atoms with E-state index in [2.05, 4.69) is 0 Å². The standard InChI is InChI=1S/C17H18N2O5/c1-2-23-17(20)18(16-7-5-13-24-16)12-4-3-6-14-8-10-15(11-9-14)19(21)22/h3,5-11,13H,2,4,12H2,1H3/b6-3+. The van der Waals surface area contributed by atoms with Gasteiger partial charge >= 0.3 is 6.09 Å². The van der Waals surface area contributed by atoms with Crippen molar-refractivity contribution in [3.63, 3.8) is 0 Å². The van der Waals surface area contributed by atoms with Crippen molar-refractivity contribution in [3.8, 4) is 0 Å². The summed E-state index contributed by atoms with van der Waals surface area (Å²) in [5.41, 5.74) is 0.903. The lowest BCUT2D eigenvalue weighted by Gasteiger charge is -2.18. The van der Waals surface area contributed by atoms with E-state index < -0.39 is 11.0 Å². The fraction of sp³-hybridized carbons (Fsp3) is 0.235. The maximum absolute atomic E-state index is 12.0. The second kappa shape index (κ2) is 8.52. The Labute approximate surface area is 139 Å². The van der Waals surface area contributed by atoms with Gasteiger partial charge in [-0.3, -0.25) is 10.1 Å². The second-order valence-electron chi connectivity index (χ2n) is 4.84. The lowest BCUT2D eigenvalue weighted by Crippen LogP contribution is -2.32. The molecule has 2 rings (SSSR count). The highest BCUT2D eigenvalue weighted by atomic mass is 16.6. The number of amides is 1. The maximum atomic E-state index is 12.0. The van der Waals surface area contributed by atoms with Gasteiger partial charge in [0.15, 0.2) is 0 Å². The number of furan rings is 1. The first-order chi connectivity index (χ1) is 11.6. The minimum atomic E-state index is -0.462. The molecule has 0 fully saturated rings. The largest absolute Gasteiger partial charge is 0.449 e. The maximum Gasteiger partial charge on any atom is 0.416 e. The highest BCUT2D eigenvalue weighted by Crippen LogP contribution is 2.17. The molecular weight excluding hydrogens is 312 g/mol. The fourth-order valence-electron chi connectivity index (χ4n) is 2.05. The van der Waals surface area contributed by atoms with Crippen LogP contribution in [0.3, 0.4) is 0 Å². The van der Waals surface area contributed by atoms with Crippen molar-refractivity contribution >= 4 is 23.7 Å². The van der Waals surface area contributed by atoms with Gasteiger partial charge in [-0.25, -0.2) is 9.69 Å². The molecule has 0 radical (unpaired) electrons. The molecule has 0 aliphatic rings. The highest BCUT2D eigenvalue weighted by Gasteiger charge is 2.18. The molecule has 0 aliphatic carbocycles. The van der Waals surface area contributed by atoms with Crippen molar-refractivity contribution in [2.75, 3.05) is 18.1 Å². The topological polar surface area (TPSA) is 85.8 Å². The van der Waals surface area contributed by atoms with Crippen LogP contribution >= 0.6 is 0 Å². The summed E-state index contributed by atoms with van der Waals surface area (Å²) in [5, 5.41) is 10.6. The van der Waals surface area contributed by atoms with Crippen LogP contribution in [-0.2, 0) is 4.74 Å². The van der Waals surface area contributed by atoms with Crippen LogP contribution in [0.15, 0.2) is 53.2 Å². The van der Waals surface area contributed by atoms with Gasteiger partial charge < -0.3 is 9.15 Å². The quantitative estimate of drug-likeness (QED) is 0.559. The summed E-state index contributed by atoms with van der Waals surface area (Å²) in [6.07, 6.45) is 5.34. The molecule has 0 aliphatic heterocycles. The Balaban J connectivity index is 1.94. The van der Waals surface area contributed by atoms with Crippen LogP contribution in [-0.4, -0.2) is 24.2 Å². The molecule has 0 N–H and O–H groups in total. The fourth-order valence-corrected chi connectivity index (χ4v) is 2.05. The van der Waals surface area contributed by atoms with Crippen LogP contribution in [0, 0.1) is 10.1 Å². The SMILES string of the molecule is CCOC(=O)N(CC/C=C/c1ccc([N+](=O)[O-])cc1)c1ccco1. The number of carbonyl (C=O) groups excluding carboxylic acids is 1. The zero-order chi connectivity index (χ0) is 17.4. The van der Waals surface area contributed by atoms with Gasteiger partial charge in [-0.2, -0.15) is 0 Å². The minimum absolute atomic E-state index is 0.0541. The van der Waals surface area contributed by atoms with Crippen molar-refractivity contribution in [2.24, 2.45) is 0 Å². The predicted molar refractivity (Wildman–Crippen MR) is 89.8 cm³/mol. The van der Waals surface area contributed by atoms with Crippen LogP contribution in [0.2, 0.25) is 0 Å². The Morgan fingerprint density at radius 3 is 2.67 bits per heavy atom. The normalized spacial score (nSPS) is 10.7. The molecule has 0 spiro atoms. The lowest BCUT2D eigenvalue weighted by atomic mass is 10.2. The van der Waals surface area contributed by atoms with E-state index in [0.29, 0.717) is 18.8 Å². The van der Waals surface area contributed by atoms with Crippen LogP contribution in [0.5, 0.6) is 0 Å². The molecule has 24 heavy (non-hydrogen) atoms. The van der Waals surface area contributed by atoms with Crippen molar-refractivity contribution in [1.82, 2.24) is 0 Å². The molecule has 0 unspecified atom stereocenters. The molecule has 0 atom stereocenters. The average molecular weight is 330 g/mol. The van der Waals surface area contributed by atoms with E-state index in [1.165, 1.54) is 23.3 Å². The zero-order valence-corrected chi connectivity index (χ0v) is 13.3. The lowest BCUT2D eigenvalue weighted by molar-refractivity contribution is -0.384. The number of nitro groups is 1. The number of nitro benzene ring substituents is 1. The first-order valence-corrected chi connectivity index (χ1v) is 7.50. The summed E-state index contributed by atoms with van der Waals surface area (Å²) in [7, 11) is 0. The molecule has 0 bridgehead atoms. The molecule has 1 aromatic heterocycles. The van der Waals surface area contributed by atoms with Gasteiger partial charge in [-0.15, -0.1) is 0 Å². The van der Waals surface area contributed by atoms with E-state index >= 15 is 0 Å². The molecule has 1 aromatic carbocycles. The molecule has 2 aromatic rings. The third kappa shape index (κ3) is 4.70. The smallest absolute Gasteiger partial charge is 0.416 e. The number of hydrogen-bond donors (Lipinski definition) is 0. The Morgan fingerprint density at radius 1 is 1.33 bits per heavy atom. The third-order valence-corrected chi connectivity index (χ3v) is 3.19. The van der Waals surface area contributed by atoms with Gasteiger partial charge in [-0.1, -0.05) is 12.2 Å². The molecule has 1 amide bonds. The summed E-state index contributed by atoms with van der Waals surface area (Å²) >= 11 is 0. The Kier molecular flexibility index (Phi) is 6.13.